The van der Waals surface area contributed by atoms with Gasteiger partial charge < -0.3 is 4.90 Å². The van der Waals surface area contributed by atoms with Gasteiger partial charge in [-0.15, -0.1) is 0 Å². The highest BCUT2D eigenvalue weighted by molar-refractivity contribution is 6.09. The Kier molecular flexibility index (Phi) is 2.72. The van der Waals surface area contributed by atoms with Crippen molar-refractivity contribution in [3.63, 3.8) is 0 Å². The third-order valence-corrected chi connectivity index (χ3v) is 4.50. The van der Waals surface area contributed by atoms with Crippen LogP contribution in [-0.4, -0.2) is 36.0 Å². The Balaban J connectivity index is 2.02. The summed E-state index contributed by atoms with van der Waals surface area (Å²) in [6.07, 6.45) is 0. The smallest absolute Gasteiger partial charge is 0.240 e. The molecule has 1 saturated heterocycles. The zero-order valence-corrected chi connectivity index (χ0v) is 12.2. The van der Waals surface area contributed by atoms with Crippen LogP contribution in [0.5, 0.6) is 0 Å². The van der Waals surface area contributed by atoms with Crippen LogP contribution < -0.4 is 4.90 Å². The summed E-state index contributed by atoms with van der Waals surface area (Å²) >= 11 is 0. The summed E-state index contributed by atoms with van der Waals surface area (Å²) in [6, 6.07) is 9.03. The first kappa shape index (κ1) is 12.7. The van der Waals surface area contributed by atoms with Crippen LogP contribution in [0.15, 0.2) is 24.3 Å². The molecule has 2 aliphatic rings. The first-order valence-electron chi connectivity index (χ1n) is 7.14. The summed E-state index contributed by atoms with van der Waals surface area (Å²) < 4.78 is 0. The van der Waals surface area contributed by atoms with Crippen molar-refractivity contribution in [2.45, 2.75) is 45.2 Å². The molecule has 1 fully saturated rings. The third kappa shape index (κ3) is 1.57. The maximum absolute atomic E-state index is 12.9. The zero-order valence-electron chi connectivity index (χ0n) is 12.2. The molecule has 1 amide bonds. The SMILES string of the molecule is CC(C)N1CC2(C1)C(=O)N(C(C)C)c1ccccc12. The Labute approximate surface area is 115 Å². The van der Waals surface area contributed by atoms with Gasteiger partial charge >= 0.3 is 0 Å². The van der Waals surface area contributed by atoms with Gasteiger partial charge in [-0.1, -0.05) is 18.2 Å². The van der Waals surface area contributed by atoms with E-state index in [1.165, 1.54) is 5.56 Å². The highest BCUT2D eigenvalue weighted by atomic mass is 16.2. The molecule has 0 saturated carbocycles. The van der Waals surface area contributed by atoms with Crippen LogP contribution in [0.3, 0.4) is 0 Å². The Bertz CT molecular complexity index is 515. The number of rotatable bonds is 2. The van der Waals surface area contributed by atoms with Crippen molar-refractivity contribution in [1.82, 2.24) is 4.90 Å². The molecule has 0 aliphatic carbocycles. The van der Waals surface area contributed by atoms with Gasteiger partial charge in [-0.05, 0) is 39.3 Å². The molecular formula is C16H22N2O. The maximum Gasteiger partial charge on any atom is 0.240 e. The third-order valence-electron chi connectivity index (χ3n) is 4.50. The predicted molar refractivity (Wildman–Crippen MR) is 77.5 cm³/mol. The first-order valence-corrected chi connectivity index (χ1v) is 7.14. The molecule has 0 radical (unpaired) electrons. The molecule has 3 nitrogen and oxygen atoms in total. The number of anilines is 1. The van der Waals surface area contributed by atoms with Gasteiger partial charge in [0, 0.05) is 30.9 Å². The van der Waals surface area contributed by atoms with Gasteiger partial charge in [-0.3, -0.25) is 9.69 Å². The van der Waals surface area contributed by atoms with Crippen LogP contribution >= 0.6 is 0 Å². The molecule has 1 aromatic rings. The standard InChI is InChI=1S/C16H22N2O/c1-11(2)17-9-16(10-17)13-7-5-6-8-14(13)18(12(3)4)15(16)19/h5-8,11-12H,9-10H2,1-4H3. The minimum atomic E-state index is -0.273. The maximum atomic E-state index is 12.9. The lowest BCUT2D eigenvalue weighted by Crippen LogP contribution is -2.65. The van der Waals surface area contributed by atoms with Crippen molar-refractivity contribution < 1.29 is 4.79 Å². The van der Waals surface area contributed by atoms with E-state index in [1.807, 2.05) is 11.0 Å². The second kappa shape index (κ2) is 4.07. The van der Waals surface area contributed by atoms with Gasteiger partial charge in [-0.2, -0.15) is 0 Å². The Hall–Kier alpha value is -1.35. The van der Waals surface area contributed by atoms with Crippen molar-refractivity contribution in [2.24, 2.45) is 0 Å². The molecule has 19 heavy (non-hydrogen) atoms. The average Bonchev–Trinajstić information content (AvgIpc) is 2.55. The molecule has 0 unspecified atom stereocenters. The Morgan fingerprint density at radius 2 is 1.68 bits per heavy atom. The van der Waals surface area contributed by atoms with Crippen molar-refractivity contribution in [1.29, 1.82) is 0 Å². The van der Waals surface area contributed by atoms with Gasteiger partial charge in [0.1, 0.15) is 5.41 Å². The molecule has 1 aromatic carbocycles. The highest BCUT2D eigenvalue weighted by Crippen LogP contribution is 2.48. The van der Waals surface area contributed by atoms with E-state index in [9.17, 15) is 4.79 Å². The number of hydrogen-bond donors (Lipinski definition) is 0. The van der Waals surface area contributed by atoms with E-state index in [0.717, 1.165) is 18.8 Å². The average molecular weight is 258 g/mol. The van der Waals surface area contributed by atoms with E-state index in [0.29, 0.717) is 11.9 Å². The van der Waals surface area contributed by atoms with Crippen LogP contribution in [0.4, 0.5) is 5.69 Å². The molecule has 2 aliphatic heterocycles. The molecule has 1 spiro atoms. The zero-order chi connectivity index (χ0) is 13.8. The fourth-order valence-corrected chi connectivity index (χ4v) is 3.37. The molecular weight excluding hydrogens is 236 g/mol. The van der Waals surface area contributed by atoms with Crippen molar-refractivity contribution in [3.8, 4) is 0 Å². The van der Waals surface area contributed by atoms with E-state index in [2.05, 4.69) is 50.8 Å². The monoisotopic (exact) mass is 258 g/mol. The largest absolute Gasteiger partial charge is 0.309 e. The van der Waals surface area contributed by atoms with Gasteiger partial charge in [0.05, 0.1) is 0 Å². The molecule has 0 N–H and O–H groups in total. The minimum absolute atomic E-state index is 0.223. The lowest BCUT2D eigenvalue weighted by Gasteiger charge is -2.49. The predicted octanol–water partition coefficient (Wildman–Crippen LogP) is 2.40. The second-order valence-electron chi connectivity index (χ2n) is 6.37. The number of para-hydroxylation sites is 1. The van der Waals surface area contributed by atoms with E-state index >= 15 is 0 Å². The minimum Gasteiger partial charge on any atom is -0.309 e. The number of carbonyl (C=O) groups excluding carboxylic acids is 1. The molecule has 0 atom stereocenters. The Morgan fingerprint density at radius 3 is 2.26 bits per heavy atom. The molecule has 0 aromatic heterocycles. The normalized spacial score (nSPS) is 21.4. The summed E-state index contributed by atoms with van der Waals surface area (Å²) in [7, 11) is 0. The number of nitrogens with zero attached hydrogens (tertiary/aromatic N) is 2. The number of benzene rings is 1. The summed E-state index contributed by atoms with van der Waals surface area (Å²) in [5, 5.41) is 0. The molecule has 0 bridgehead atoms. The van der Waals surface area contributed by atoms with Gasteiger partial charge in [0.15, 0.2) is 0 Å². The lowest BCUT2D eigenvalue weighted by atomic mass is 9.74. The summed E-state index contributed by atoms with van der Waals surface area (Å²) in [5.74, 6) is 0.292. The van der Waals surface area contributed by atoms with E-state index in [1.54, 1.807) is 0 Å². The summed E-state index contributed by atoms with van der Waals surface area (Å²) in [6.45, 7) is 10.3. The van der Waals surface area contributed by atoms with Crippen LogP contribution in [0.2, 0.25) is 0 Å². The van der Waals surface area contributed by atoms with E-state index in [-0.39, 0.29) is 11.5 Å². The summed E-state index contributed by atoms with van der Waals surface area (Å²) in [5.41, 5.74) is 2.07. The topological polar surface area (TPSA) is 23.6 Å². The summed E-state index contributed by atoms with van der Waals surface area (Å²) in [4.78, 5) is 17.2. The molecule has 102 valence electrons. The van der Waals surface area contributed by atoms with E-state index < -0.39 is 0 Å². The number of amides is 1. The Morgan fingerprint density at radius 1 is 1.05 bits per heavy atom. The molecule has 3 heteroatoms. The first-order chi connectivity index (χ1) is 8.97. The van der Waals surface area contributed by atoms with Gasteiger partial charge in [-0.25, -0.2) is 0 Å². The van der Waals surface area contributed by atoms with Crippen LogP contribution in [-0.2, 0) is 10.2 Å². The highest BCUT2D eigenvalue weighted by Gasteiger charge is 2.58. The van der Waals surface area contributed by atoms with Gasteiger partial charge in [0.2, 0.25) is 5.91 Å². The number of likely N-dealkylation sites (tertiary alicyclic amines) is 1. The number of carbonyl (C=O) groups is 1. The number of fused-ring (bicyclic) bond motifs is 2. The van der Waals surface area contributed by atoms with Crippen molar-refractivity contribution in [2.75, 3.05) is 18.0 Å². The quantitative estimate of drug-likeness (QED) is 0.813. The fraction of sp³-hybridized carbons (Fsp3) is 0.562. The lowest BCUT2D eigenvalue weighted by molar-refractivity contribution is -0.130. The van der Waals surface area contributed by atoms with Crippen LogP contribution in [0, 0.1) is 0 Å². The van der Waals surface area contributed by atoms with Crippen LogP contribution in [0.1, 0.15) is 33.3 Å². The van der Waals surface area contributed by atoms with E-state index in [4.69, 9.17) is 0 Å². The molecule has 3 rings (SSSR count). The number of hydrogen-bond acceptors (Lipinski definition) is 2. The fourth-order valence-electron chi connectivity index (χ4n) is 3.37. The molecule has 2 heterocycles. The van der Waals surface area contributed by atoms with Gasteiger partial charge in [0.25, 0.3) is 0 Å². The van der Waals surface area contributed by atoms with Crippen molar-refractivity contribution in [3.05, 3.63) is 29.8 Å². The second-order valence-corrected chi connectivity index (χ2v) is 6.37. The van der Waals surface area contributed by atoms with Crippen LogP contribution in [0.25, 0.3) is 0 Å². The van der Waals surface area contributed by atoms with Crippen molar-refractivity contribution >= 4 is 11.6 Å².